The monoisotopic (exact) mass is 271 g/mol. The summed E-state index contributed by atoms with van der Waals surface area (Å²) in [6.07, 6.45) is 4.47. The van der Waals surface area contributed by atoms with Crippen LogP contribution in [0, 0.1) is 6.92 Å². The minimum Gasteiger partial charge on any atom is -0.310 e. The molecule has 0 unspecified atom stereocenters. The van der Waals surface area contributed by atoms with Gasteiger partial charge in [0.1, 0.15) is 0 Å². The molecule has 0 amide bonds. The fraction of sp³-hybridized carbons (Fsp3) is 0.333. The maximum atomic E-state index is 4.40. The molecule has 1 fully saturated rings. The molecule has 1 aliphatic rings. The van der Waals surface area contributed by atoms with Crippen LogP contribution in [0.3, 0.4) is 0 Å². The molecule has 4 heteroatoms. The Morgan fingerprint density at radius 2 is 2.00 bits per heavy atom. The number of nitrogens with zero attached hydrogens (tertiary/aromatic N) is 2. The Morgan fingerprint density at radius 1 is 1.21 bits per heavy atom. The zero-order chi connectivity index (χ0) is 13.1. The largest absolute Gasteiger partial charge is 0.310 e. The SMILES string of the molecule is Cc1ccnc(Sc2ccc(CNC3CC3)cc2)n1. The van der Waals surface area contributed by atoms with Crippen LogP contribution in [0.1, 0.15) is 24.1 Å². The third kappa shape index (κ3) is 3.78. The summed E-state index contributed by atoms with van der Waals surface area (Å²) >= 11 is 1.60. The van der Waals surface area contributed by atoms with Gasteiger partial charge in [-0.2, -0.15) is 0 Å². The maximum Gasteiger partial charge on any atom is 0.192 e. The summed E-state index contributed by atoms with van der Waals surface area (Å²) in [5.41, 5.74) is 2.34. The molecule has 1 aromatic heterocycles. The highest BCUT2D eigenvalue weighted by molar-refractivity contribution is 7.99. The Labute approximate surface area is 117 Å². The Kier molecular flexibility index (Phi) is 3.80. The van der Waals surface area contributed by atoms with Gasteiger partial charge in [0.25, 0.3) is 0 Å². The second kappa shape index (κ2) is 5.72. The highest BCUT2D eigenvalue weighted by Gasteiger charge is 2.19. The summed E-state index contributed by atoms with van der Waals surface area (Å²) in [6, 6.07) is 11.3. The summed E-state index contributed by atoms with van der Waals surface area (Å²) in [4.78, 5) is 9.84. The van der Waals surface area contributed by atoms with Gasteiger partial charge in [0.2, 0.25) is 0 Å². The molecule has 1 aromatic carbocycles. The maximum absolute atomic E-state index is 4.40. The number of hydrogen-bond donors (Lipinski definition) is 1. The average molecular weight is 271 g/mol. The minimum atomic E-state index is 0.759. The normalized spacial score (nSPS) is 14.6. The lowest BCUT2D eigenvalue weighted by atomic mass is 10.2. The van der Waals surface area contributed by atoms with Gasteiger partial charge in [-0.25, -0.2) is 9.97 Å². The average Bonchev–Trinajstić information content (AvgIpc) is 3.22. The van der Waals surface area contributed by atoms with Crippen molar-refractivity contribution in [1.82, 2.24) is 15.3 Å². The lowest BCUT2D eigenvalue weighted by Crippen LogP contribution is -2.14. The van der Waals surface area contributed by atoms with E-state index >= 15 is 0 Å². The molecule has 19 heavy (non-hydrogen) atoms. The second-order valence-electron chi connectivity index (χ2n) is 4.88. The smallest absolute Gasteiger partial charge is 0.192 e. The van der Waals surface area contributed by atoms with Crippen molar-refractivity contribution in [3.63, 3.8) is 0 Å². The van der Waals surface area contributed by atoms with Crippen LogP contribution in [0.2, 0.25) is 0 Å². The van der Waals surface area contributed by atoms with Gasteiger partial charge in [-0.05, 0) is 55.3 Å². The molecular formula is C15H17N3S. The zero-order valence-corrected chi connectivity index (χ0v) is 11.8. The fourth-order valence-electron chi connectivity index (χ4n) is 1.81. The number of aryl methyl sites for hydroxylation is 1. The van der Waals surface area contributed by atoms with Crippen LogP contribution in [-0.4, -0.2) is 16.0 Å². The molecule has 1 aliphatic carbocycles. The summed E-state index contributed by atoms with van der Waals surface area (Å²) in [7, 11) is 0. The van der Waals surface area contributed by atoms with E-state index in [0.717, 1.165) is 23.4 Å². The Hall–Kier alpha value is -1.39. The van der Waals surface area contributed by atoms with Crippen LogP contribution in [0.4, 0.5) is 0 Å². The molecular weight excluding hydrogens is 254 g/mol. The topological polar surface area (TPSA) is 37.8 Å². The minimum absolute atomic E-state index is 0.759. The predicted molar refractivity (Wildman–Crippen MR) is 77.2 cm³/mol. The van der Waals surface area contributed by atoms with Crippen molar-refractivity contribution in [2.75, 3.05) is 0 Å². The van der Waals surface area contributed by atoms with Gasteiger partial charge >= 0.3 is 0 Å². The number of hydrogen-bond acceptors (Lipinski definition) is 4. The number of aromatic nitrogens is 2. The molecule has 2 aromatic rings. The molecule has 3 nitrogen and oxygen atoms in total. The summed E-state index contributed by atoms with van der Waals surface area (Å²) in [6.45, 7) is 2.95. The van der Waals surface area contributed by atoms with E-state index in [0.29, 0.717) is 0 Å². The third-order valence-electron chi connectivity index (χ3n) is 3.08. The van der Waals surface area contributed by atoms with E-state index in [1.54, 1.807) is 18.0 Å². The molecule has 0 aliphatic heterocycles. The molecule has 0 radical (unpaired) electrons. The van der Waals surface area contributed by atoms with Crippen LogP contribution in [-0.2, 0) is 6.54 Å². The number of benzene rings is 1. The van der Waals surface area contributed by atoms with Gasteiger partial charge in [-0.3, -0.25) is 0 Å². The first-order valence-electron chi connectivity index (χ1n) is 6.59. The first-order chi connectivity index (χ1) is 9.29. The van der Waals surface area contributed by atoms with Gasteiger partial charge in [0.05, 0.1) is 0 Å². The van der Waals surface area contributed by atoms with Crippen molar-refractivity contribution in [3.8, 4) is 0 Å². The fourth-order valence-corrected chi connectivity index (χ4v) is 2.59. The molecule has 0 saturated heterocycles. The molecule has 1 N–H and O–H groups in total. The van der Waals surface area contributed by atoms with E-state index in [9.17, 15) is 0 Å². The van der Waals surface area contributed by atoms with Gasteiger partial charge in [-0.1, -0.05) is 12.1 Å². The van der Waals surface area contributed by atoms with Crippen molar-refractivity contribution in [2.24, 2.45) is 0 Å². The highest BCUT2D eigenvalue weighted by Crippen LogP contribution is 2.25. The number of rotatable bonds is 5. The standard InChI is InChI=1S/C15H17N3S/c1-11-8-9-16-15(18-11)19-14-6-2-12(3-7-14)10-17-13-4-5-13/h2-3,6-9,13,17H,4-5,10H2,1H3. The van der Waals surface area contributed by atoms with E-state index in [4.69, 9.17) is 0 Å². The molecule has 1 heterocycles. The summed E-state index contributed by atoms with van der Waals surface area (Å²) in [5.74, 6) is 0. The van der Waals surface area contributed by atoms with Crippen molar-refractivity contribution in [3.05, 3.63) is 47.8 Å². The summed E-state index contributed by atoms with van der Waals surface area (Å²) in [5, 5.41) is 4.33. The van der Waals surface area contributed by atoms with Crippen LogP contribution in [0.5, 0.6) is 0 Å². The van der Waals surface area contributed by atoms with Crippen LogP contribution < -0.4 is 5.32 Å². The Balaban J connectivity index is 1.61. The van der Waals surface area contributed by atoms with E-state index in [-0.39, 0.29) is 0 Å². The van der Waals surface area contributed by atoms with Crippen molar-refractivity contribution in [1.29, 1.82) is 0 Å². The summed E-state index contributed by atoms with van der Waals surface area (Å²) < 4.78 is 0. The highest BCUT2D eigenvalue weighted by atomic mass is 32.2. The molecule has 0 bridgehead atoms. The predicted octanol–water partition coefficient (Wildman–Crippen LogP) is 3.19. The Bertz CT molecular complexity index is 550. The van der Waals surface area contributed by atoms with E-state index < -0.39 is 0 Å². The van der Waals surface area contributed by atoms with Crippen molar-refractivity contribution in [2.45, 2.75) is 42.4 Å². The van der Waals surface area contributed by atoms with E-state index in [1.807, 2.05) is 13.0 Å². The van der Waals surface area contributed by atoms with Gasteiger partial charge in [-0.15, -0.1) is 0 Å². The lowest BCUT2D eigenvalue weighted by molar-refractivity contribution is 0.687. The third-order valence-corrected chi connectivity index (χ3v) is 3.96. The second-order valence-corrected chi connectivity index (χ2v) is 5.92. The van der Waals surface area contributed by atoms with Crippen LogP contribution in [0.15, 0.2) is 46.6 Å². The van der Waals surface area contributed by atoms with E-state index in [2.05, 4.69) is 39.6 Å². The van der Waals surface area contributed by atoms with Gasteiger partial charge < -0.3 is 5.32 Å². The van der Waals surface area contributed by atoms with Gasteiger partial charge in [0.15, 0.2) is 5.16 Å². The quantitative estimate of drug-likeness (QED) is 0.848. The first kappa shape index (κ1) is 12.6. The molecule has 0 spiro atoms. The molecule has 0 atom stereocenters. The van der Waals surface area contributed by atoms with Crippen LogP contribution >= 0.6 is 11.8 Å². The Morgan fingerprint density at radius 3 is 2.68 bits per heavy atom. The molecule has 3 rings (SSSR count). The lowest BCUT2D eigenvalue weighted by Gasteiger charge is -2.05. The van der Waals surface area contributed by atoms with Gasteiger partial charge in [0, 0.05) is 29.4 Å². The molecule has 98 valence electrons. The van der Waals surface area contributed by atoms with Crippen molar-refractivity contribution >= 4 is 11.8 Å². The number of nitrogens with one attached hydrogen (secondary N) is 1. The zero-order valence-electron chi connectivity index (χ0n) is 11.0. The first-order valence-corrected chi connectivity index (χ1v) is 7.41. The van der Waals surface area contributed by atoms with Crippen LogP contribution in [0.25, 0.3) is 0 Å². The van der Waals surface area contributed by atoms with E-state index in [1.165, 1.54) is 23.3 Å². The molecule has 1 saturated carbocycles. The van der Waals surface area contributed by atoms with Crippen molar-refractivity contribution < 1.29 is 0 Å².